The fraction of sp³-hybridized carbons (Fsp3) is 0.400. The molecular weight excluding hydrogens is 268 g/mol. The third kappa shape index (κ3) is 3.39. The van der Waals surface area contributed by atoms with Crippen molar-refractivity contribution in [1.29, 1.82) is 5.41 Å². The highest BCUT2D eigenvalue weighted by atomic mass is 16.3. The fourth-order valence-corrected chi connectivity index (χ4v) is 2.45. The maximum atomic E-state index is 11.5. The number of carbonyl (C=O) groups excluding carboxylic acids is 1. The number of aromatic nitrogens is 1. The summed E-state index contributed by atoms with van der Waals surface area (Å²) < 4.78 is 0. The number of ketones is 1. The third-order valence-corrected chi connectivity index (χ3v) is 3.52. The average molecular weight is 288 g/mol. The van der Waals surface area contributed by atoms with Gasteiger partial charge in [0.05, 0.1) is 5.57 Å². The highest BCUT2D eigenvalue weighted by Crippen LogP contribution is 2.15. The zero-order chi connectivity index (χ0) is 15.4. The summed E-state index contributed by atoms with van der Waals surface area (Å²) in [5.41, 5.74) is 0.0984. The molecule has 6 heteroatoms. The van der Waals surface area contributed by atoms with Gasteiger partial charge in [-0.25, -0.2) is 4.98 Å². The summed E-state index contributed by atoms with van der Waals surface area (Å²) in [7, 11) is 0. The largest absolute Gasteiger partial charge is 0.512 e. The first-order chi connectivity index (χ1) is 10.0. The van der Waals surface area contributed by atoms with Gasteiger partial charge >= 0.3 is 0 Å². The van der Waals surface area contributed by atoms with Crippen molar-refractivity contribution in [3.05, 3.63) is 35.7 Å². The van der Waals surface area contributed by atoms with Gasteiger partial charge in [-0.15, -0.1) is 0 Å². The average Bonchev–Trinajstić information content (AvgIpc) is 2.47. The van der Waals surface area contributed by atoms with Crippen LogP contribution in [0.15, 0.2) is 35.7 Å². The second-order valence-corrected chi connectivity index (χ2v) is 5.03. The van der Waals surface area contributed by atoms with Gasteiger partial charge < -0.3 is 14.9 Å². The number of rotatable bonds is 3. The lowest BCUT2D eigenvalue weighted by atomic mass is 10.1. The molecule has 2 N–H and O–H groups in total. The molecule has 0 aliphatic carbocycles. The lowest BCUT2D eigenvalue weighted by molar-refractivity contribution is -0.113. The summed E-state index contributed by atoms with van der Waals surface area (Å²) in [5.74, 6) is 0.638. The minimum atomic E-state index is -0.285. The Hall–Kier alpha value is -2.37. The van der Waals surface area contributed by atoms with Crippen LogP contribution >= 0.6 is 0 Å². The molecule has 0 bridgehead atoms. The monoisotopic (exact) mass is 288 g/mol. The predicted octanol–water partition coefficient (Wildman–Crippen LogP) is 1.60. The van der Waals surface area contributed by atoms with Gasteiger partial charge in [0.25, 0.3) is 0 Å². The van der Waals surface area contributed by atoms with E-state index in [2.05, 4.69) is 9.88 Å². The standard InChI is InChI=1S/C15H20N4O2/c1-11(20)14(12(2)21)15(16)19-9-7-18(8-10-19)13-5-3-4-6-17-13/h3-6,16,20H,7-10H2,1-2H3. The van der Waals surface area contributed by atoms with E-state index >= 15 is 0 Å². The van der Waals surface area contributed by atoms with E-state index < -0.39 is 0 Å². The quantitative estimate of drug-likeness (QED) is 0.382. The minimum Gasteiger partial charge on any atom is -0.512 e. The lowest BCUT2D eigenvalue weighted by Crippen LogP contribution is -2.49. The number of pyridine rings is 1. The van der Waals surface area contributed by atoms with Gasteiger partial charge in [-0.1, -0.05) is 6.07 Å². The van der Waals surface area contributed by atoms with Crippen LogP contribution in [0, 0.1) is 5.41 Å². The van der Waals surface area contributed by atoms with Crippen LogP contribution in [0.3, 0.4) is 0 Å². The Morgan fingerprint density at radius 1 is 1.24 bits per heavy atom. The van der Waals surface area contributed by atoms with Crippen LogP contribution in [0.1, 0.15) is 13.8 Å². The number of aliphatic hydroxyl groups excluding tert-OH is 1. The molecule has 1 aliphatic heterocycles. The minimum absolute atomic E-state index is 0.0975. The summed E-state index contributed by atoms with van der Waals surface area (Å²) in [6.07, 6.45) is 1.76. The molecule has 0 amide bonds. The number of Topliss-reactive ketones (excluding diaryl/α,β-unsaturated/α-hetero) is 1. The first kappa shape index (κ1) is 15.0. The van der Waals surface area contributed by atoms with Crippen LogP contribution < -0.4 is 4.90 Å². The van der Waals surface area contributed by atoms with Crippen LogP contribution in [-0.4, -0.2) is 52.8 Å². The zero-order valence-corrected chi connectivity index (χ0v) is 12.3. The summed E-state index contributed by atoms with van der Waals surface area (Å²) in [4.78, 5) is 19.8. The van der Waals surface area contributed by atoms with E-state index in [-0.39, 0.29) is 23.0 Å². The molecule has 0 atom stereocenters. The molecule has 1 aromatic heterocycles. The lowest BCUT2D eigenvalue weighted by Gasteiger charge is -2.37. The molecule has 21 heavy (non-hydrogen) atoms. The molecule has 0 spiro atoms. The number of nitrogens with zero attached hydrogens (tertiary/aromatic N) is 3. The summed E-state index contributed by atoms with van der Waals surface area (Å²) in [5, 5.41) is 17.7. The molecule has 1 fully saturated rings. The molecule has 112 valence electrons. The molecule has 2 heterocycles. The van der Waals surface area contributed by atoms with Gasteiger partial charge in [-0.2, -0.15) is 0 Å². The van der Waals surface area contributed by atoms with Crippen LogP contribution in [0.2, 0.25) is 0 Å². The first-order valence-electron chi connectivity index (χ1n) is 6.91. The molecule has 2 rings (SSSR count). The molecule has 1 aliphatic rings. The van der Waals surface area contributed by atoms with Gasteiger partial charge in [0, 0.05) is 32.4 Å². The second-order valence-electron chi connectivity index (χ2n) is 5.03. The number of carbonyl (C=O) groups is 1. The Morgan fingerprint density at radius 2 is 1.90 bits per heavy atom. The number of aliphatic hydroxyl groups is 1. The number of amidine groups is 1. The summed E-state index contributed by atoms with van der Waals surface area (Å²) in [6.45, 7) is 5.52. The summed E-state index contributed by atoms with van der Waals surface area (Å²) in [6, 6.07) is 5.78. The highest BCUT2D eigenvalue weighted by molar-refractivity contribution is 6.19. The van der Waals surface area contributed by atoms with Crippen molar-refractivity contribution in [2.75, 3.05) is 31.1 Å². The molecule has 0 radical (unpaired) electrons. The van der Waals surface area contributed by atoms with E-state index in [1.165, 1.54) is 13.8 Å². The molecule has 6 nitrogen and oxygen atoms in total. The van der Waals surface area contributed by atoms with Crippen molar-refractivity contribution in [2.45, 2.75) is 13.8 Å². The molecule has 0 unspecified atom stereocenters. The number of hydrogen-bond donors (Lipinski definition) is 2. The van der Waals surface area contributed by atoms with Crippen molar-refractivity contribution in [3.8, 4) is 0 Å². The van der Waals surface area contributed by atoms with Gasteiger partial charge in [0.2, 0.25) is 0 Å². The van der Waals surface area contributed by atoms with Crippen molar-refractivity contribution >= 4 is 17.4 Å². The molecule has 1 saturated heterocycles. The van der Waals surface area contributed by atoms with Crippen molar-refractivity contribution in [2.24, 2.45) is 0 Å². The van der Waals surface area contributed by atoms with E-state index in [4.69, 9.17) is 5.41 Å². The van der Waals surface area contributed by atoms with E-state index in [1.54, 1.807) is 6.20 Å². The topological polar surface area (TPSA) is 80.5 Å². The maximum absolute atomic E-state index is 11.5. The highest BCUT2D eigenvalue weighted by Gasteiger charge is 2.24. The molecule has 0 aromatic carbocycles. The van der Waals surface area contributed by atoms with Crippen molar-refractivity contribution < 1.29 is 9.90 Å². The Morgan fingerprint density at radius 3 is 2.38 bits per heavy atom. The van der Waals surface area contributed by atoms with Gasteiger partial charge in [-0.3, -0.25) is 10.2 Å². The van der Waals surface area contributed by atoms with Gasteiger partial charge in [-0.05, 0) is 26.0 Å². The Bertz CT molecular complexity index is 556. The van der Waals surface area contributed by atoms with Crippen molar-refractivity contribution in [3.63, 3.8) is 0 Å². The Balaban J connectivity index is 2.03. The number of anilines is 1. The zero-order valence-electron chi connectivity index (χ0n) is 12.3. The van der Waals surface area contributed by atoms with E-state index in [0.717, 1.165) is 18.9 Å². The summed E-state index contributed by atoms with van der Waals surface area (Å²) >= 11 is 0. The molecule has 0 saturated carbocycles. The molecular formula is C15H20N4O2. The Kier molecular flexibility index (Phi) is 4.57. The van der Waals surface area contributed by atoms with Crippen molar-refractivity contribution in [1.82, 2.24) is 9.88 Å². The number of allylic oxidation sites excluding steroid dienone is 1. The van der Waals surface area contributed by atoms with Gasteiger partial charge in [0.1, 0.15) is 17.4 Å². The predicted molar refractivity (Wildman–Crippen MR) is 81.8 cm³/mol. The van der Waals surface area contributed by atoms with Crippen LogP contribution in [-0.2, 0) is 4.79 Å². The Labute approximate surface area is 124 Å². The fourth-order valence-electron chi connectivity index (χ4n) is 2.45. The number of hydrogen-bond acceptors (Lipinski definition) is 5. The van der Waals surface area contributed by atoms with Crippen LogP contribution in [0.5, 0.6) is 0 Å². The number of nitrogens with one attached hydrogen (secondary N) is 1. The van der Waals surface area contributed by atoms with Gasteiger partial charge in [0.15, 0.2) is 5.78 Å². The smallest absolute Gasteiger partial charge is 0.166 e. The third-order valence-electron chi connectivity index (χ3n) is 3.52. The van der Waals surface area contributed by atoms with E-state index in [1.807, 2.05) is 23.1 Å². The molecule has 1 aromatic rings. The normalized spacial score (nSPS) is 16.5. The SMILES string of the molecule is CC(=O)C(C(=N)N1CCN(c2ccccn2)CC1)=C(C)O. The second kappa shape index (κ2) is 6.39. The van der Waals surface area contributed by atoms with Crippen LogP contribution in [0.25, 0.3) is 0 Å². The maximum Gasteiger partial charge on any atom is 0.166 e. The van der Waals surface area contributed by atoms with E-state index in [9.17, 15) is 9.90 Å². The number of piperazine rings is 1. The first-order valence-corrected chi connectivity index (χ1v) is 6.91. The van der Waals surface area contributed by atoms with Crippen LogP contribution in [0.4, 0.5) is 5.82 Å². The van der Waals surface area contributed by atoms with E-state index in [0.29, 0.717) is 13.1 Å².